The van der Waals surface area contributed by atoms with Crippen molar-refractivity contribution < 1.29 is 4.74 Å². The number of halogens is 2. The zero-order chi connectivity index (χ0) is 13.0. The average Bonchev–Trinajstić information content (AvgIpc) is 2.34. The highest BCUT2D eigenvalue weighted by Crippen LogP contribution is 2.18. The highest BCUT2D eigenvalue weighted by atomic mass is 35.5. The third-order valence-electron chi connectivity index (χ3n) is 2.85. The number of pyridine rings is 1. The van der Waals surface area contributed by atoms with Gasteiger partial charge in [0.05, 0.1) is 12.7 Å². The number of morpholine rings is 1. The Morgan fingerprint density at radius 3 is 3.00 bits per heavy atom. The van der Waals surface area contributed by atoms with E-state index in [9.17, 15) is 0 Å². The van der Waals surface area contributed by atoms with Crippen molar-refractivity contribution in [1.82, 2.24) is 15.2 Å². The van der Waals surface area contributed by atoms with Crippen LogP contribution in [0, 0.1) is 0 Å². The maximum Gasteiger partial charge on any atom is 0.135 e. The average molecular weight is 290 g/mol. The summed E-state index contributed by atoms with van der Waals surface area (Å²) in [7, 11) is 2.04. The van der Waals surface area contributed by atoms with Gasteiger partial charge < -0.3 is 10.1 Å². The van der Waals surface area contributed by atoms with Crippen molar-refractivity contribution in [2.45, 2.75) is 12.6 Å². The Bertz CT molecular complexity index is 397. The van der Waals surface area contributed by atoms with Crippen LogP contribution < -0.4 is 5.32 Å². The van der Waals surface area contributed by atoms with Gasteiger partial charge in [-0.15, -0.1) is 0 Å². The summed E-state index contributed by atoms with van der Waals surface area (Å²) in [6.07, 6.45) is 0.239. The highest BCUT2D eigenvalue weighted by molar-refractivity contribution is 6.32. The van der Waals surface area contributed by atoms with Crippen molar-refractivity contribution in [2.24, 2.45) is 0 Å². The number of aromatic nitrogens is 1. The first-order valence-corrected chi connectivity index (χ1v) is 6.72. The van der Waals surface area contributed by atoms with Crippen LogP contribution in [0.3, 0.4) is 0 Å². The molecule has 1 saturated heterocycles. The van der Waals surface area contributed by atoms with Gasteiger partial charge in [0.2, 0.25) is 0 Å². The lowest BCUT2D eigenvalue weighted by Gasteiger charge is -2.28. The lowest BCUT2D eigenvalue weighted by Crippen LogP contribution is -2.44. The van der Waals surface area contributed by atoms with Crippen LogP contribution in [0.5, 0.6) is 0 Å². The Hall–Kier alpha value is -0.390. The van der Waals surface area contributed by atoms with Gasteiger partial charge in [0.1, 0.15) is 10.3 Å². The summed E-state index contributed by atoms with van der Waals surface area (Å²) in [6, 6.07) is 3.67. The molecule has 100 valence electrons. The fourth-order valence-electron chi connectivity index (χ4n) is 2.00. The number of rotatable bonds is 4. The number of likely N-dealkylation sites (N-methyl/N-ethyl adjacent to an activating group) is 1. The molecule has 0 aliphatic carbocycles. The predicted octanol–water partition coefficient (Wildman–Crippen LogP) is 1.81. The van der Waals surface area contributed by atoms with Crippen molar-refractivity contribution in [3.05, 3.63) is 28.0 Å². The van der Waals surface area contributed by atoms with E-state index < -0.39 is 0 Å². The molecule has 1 aliphatic rings. The molecule has 1 aromatic rings. The normalized spacial score (nSPS) is 20.3. The lowest BCUT2D eigenvalue weighted by atomic mass is 10.2. The summed E-state index contributed by atoms with van der Waals surface area (Å²) in [5.41, 5.74) is 0.979. The number of nitrogens with zero attached hydrogens (tertiary/aromatic N) is 2. The Balaban J connectivity index is 1.87. The van der Waals surface area contributed by atoms with E-state index in [1.54, 1.807) is 6.07 Å². The first-order chi connectivity index (χ1) is 8.65. The Morgan fingerprint density at radius 1 is 1.50 bits per heavy atom. The maximum atomic E-state index is 6.05. The molecule has 2 rings (SSSR count). The van der Waals surface area contributed by atoms with Crippen molar-refractivity contribution >= 4 is 23.2 Å². The molecule has 6 heteroatoms. The summed E-state index contributed by atoms with van der Waals surface area (Å²) in [5.74, 6) is 0. The summed E-state index contributed by atoms with van der Waals surface area (Å²) in [4.78, 5) is 6.21. The van der Waals surface area contributed by atoms with Crippen LogP contribution in [0.25, 0.3) is 0 Å². The first kappa shape index (κ1) is 14.0. The molecule has 18 heavy (non-hydrogen) atoms. The quantitative estimate of drug-likeness (QED) is 0.858. The van der Waals surface area contributed by atoms with Crippen molar-refractivity contribution in [3.8, 4) is 0 Å². The minimum absolute atomic E-state index is 0.239. The molecule has 0 saturated carbocycles. The highest BCUT2D eigenvalue weighted by Gasteiger charge is 2.16. The molecule has 1 unspecified atom stereocenters. The van der Waals surface area contributed by atoms with Crippen LogP contribution in [-0.4, -0.2) is 49.3 Å². The molecule has 0 bridgehead atoms. The number of hydrogen-bond donors (Lipinski definition) is 1. The summed E-state index contributed by atoms with van der Waals surface area (Å²) >= 11 is 11.8. The van der Waals surface area contributed by atoms with Gasteiger partial charge in [-0.1, -0.05) is 29.3 Å². The smallest absolute Gasteiger partial charge is 0.135 e. The molecule has 0 spiro atoms. The largest absolute Gasteiger partial charge is 0.374 e. The van der Waals surface area contributed by atoms with Gasteiger partial charge in [-0.05, 0) is 13.1 Å². The molecule has 0 radical (unpaired) electrons. The van der Waals surface area contributed by atoms with Crippen LogP contribution in [0.4, 0.5) is 0 Å². The number of ether oxygens (including phenoxy) is 1. The van der Waals surface area contributed by atoms with Crippen molar-refractivity contribution in [2.75, 3.05) is 33.3 Å². The van der Waals surface area contributed by atoms with E-state index in [-0.39, 0.29) is 6.10 Å². The van der Waals surface area contributed by atoms with Crippen molar-refractivity contribution in [3.63, 3.8) is 0 Å². The fourth-order valence-corrected chi connectivity index (χ4v) is 2.40. The minimum atomic E-state index is 0.239. The van der Waals surface area contributed by atoms with E-state index in [0.717, 1.165) is 38.3 Å². The third kappa shape index (κ3) is 4.07. The molecule has 0 amide bonds. The molecule has 1 N–H and O–H groups in total. The molecular weight excluding hydrogens is 273 g/mol. The zero-order valence-corrected chi connectivity index (χ0v) is 11.8. The second kappa shape index (κ2) is 6.68. The lowest BCUT2D eigenvalue weighted by molar-refractivity contribution is 0.00884. The van der Waals surface area contributed by atoms with E-state index in [2.05, 4.69) is 15.2 Å². The Labute approximate surface area is 117 Å². The molecule has 1 fully saturated rings. The summed E-state index contributed by atoms with van der Waals surface area (Å²) < 4.78 is 5.66. The first-order valence-electron chi connectivity index (χ1n) is 5.97. The number of nitrogens with one attached hydrogen (secondary N) is 1. The van der Waals surface area contributed by atoms with Gasteiger partial charge in [0.25, 0.3) is 0 Å². The van der Waals surface area contributed by atoms with Crippen LogP contribution in [-0.2, 0) is 11.3 Å². The van der Waals surface area contributed by atoms with Crippen LogP contribution in [0.2, 0.25) is 10.3 Å². The van der Waals surface area contributed by atoms with Gasteiger partial charge in [-0.2, -0.15) is 0 Å². The van der Waals surface area contributed by atoms with Gasteiger partial charge in [-0.3, -0.25) is 4.90 Å². The second-order valence-electron chi connectivity index (χ2n) is 4.48. The Morgan fingerprint density at radius 2 is 2.33 bits per heavy atom. The molecule has 4 nitrogen and oxygen atoms in total. The third-order valence-corrected chi connectivity index (χ3v) is 3.39. The van der Waals surface area contributed by atoms with Gasteiger partial charge >= 0.3 is 0 Å². The topological polar surface area (TPSA) is 37.4 Å². The minimum Gasteiger partial charge on any atom is -0.374 e. The van der Waals surface area contributed by atoms with E-state index in [1.807, 2.05) is 13.1 Å². The van der Waals surface area contributed by atoms with Gasteiger partial charge in [0, 0.05) is 31.7 Å². The predicted molar refractivity (Wildman–Crippen MR) is 73.2 cm³/mol. The van der Waals surface area contributed by atoms with Gasteiger partial charge in [-0.25, -0.2) is 4.98 Å². The van der Waals surface area contributed by atoms with Crippen LogP contribution >= 0.6 is 23.2 Å². The molecule has 2 heterocycles. The molecule has 0 aromatic carbocycles. The van der Waals surface area contributed by atoms with E-state index in [0.29, 0.717) is 10.3 Å². The van der Waals surface area contributed by atoms with Crippen LogP contribution in [0.15, 0.2) is 12.1 Å². The summed E-state index contributed by atoms with van der Waals surface area (Å²) in [6.45, 7) is 4.22. The van der Waals surface area contributed by atoms with Gasteiger partial charge in [0.15, 0.2) is 0 Å². The zero-order valence-electron chi connectivity index (χ0n) is 10.3. The number of hydrogen-bond acceptors (Lipinski definition) is 4. The maximum absolute atomic E-state index is 6.05. The monoisotopic (exact) mass is 289 g/mol. The van der Waals surface area contributed by atoms with Crippen molar-refractivity contribution in [1.29, 1.82) is 0 Å². The fraction of sp³-hybridized carbons (Fsp3) is 0.583. The van der Waals surface area contributed by atoms with E-state index in [1.165, 1.54) is 0 Å². The van der Waals surface area contributed by atoms with E-state index >= 15 is 0 Å². The Kier molecular flexibility index (Phi) is 5.21. The molecule has 1 aliphatic heterocycles. The SMILES string of the molecule is CN(Cc1ccc(Cl)nc1Cl)CC1CNCCO1. The second-order valence-corrected chi connectivity index (χ2v) is 5.22. The summed E-state index contributed by atoms with van der Waals surface area (Å²) in [5, 5.41) is 4.21. The van der Waals surface area contributed by atoms with Crippen LogP contribution in [0.1, 0.15) is 5.56 Å². The molecular formula is C12H17Cl2N3O. The van der Waals surface area contributed by atoms with E-state index in [4.69, 9.17) is 27.9 Å². The standard InChI is InChI=1S/C12H17Cl2N3O/c1-17(8-10-6-15-4-5-18-10)7-9-2-3-11(13)16-12(9)14/h2-3,10,15H,4-8H2,1H3. The molecule has 1 atom stereocenters. The molecule has 1 aromatic heterocycles.